The molecule has 364 valence electrons. The van der Waals surface area contributed by atoms with Crippen LogP contribution >= 0.6 is 116 Å². The van der Waals surface area contributed by atoms with Crippen LogP contribution in [0.3, 0.4) is 0 Å². The van der Waals surface area contributed by atoms with E-state index < -0.39 is 115 Å². The Bertz CT molecular complexity index is 2850. The summed E-state index contributed by atoms with van der Waals surface area (Å²) in [4.78, 5) is 51.3. The van der Waals surface area contributed by atoms with Gasteiger partial charge in [-0.1, -0.05) is 69.6 Å². The summed E-state index contributed by atoms with van der Waals surface area (Å²) in [6.07, 6.45) is -1.41. The van der Waals surface area contributed by atoms with Crippen LogP contribution in [-0.2, 0) is 22.4 Å². The average Bonchev–Trinajstić information content (AvgIpc) is 4.06. The van der Waals surface area contributed by atoms with Gasteiger partial charge in [0.2, 0.25) is 11.8 Å². The molecular weight excluding hydrogens is 1140 g/mol. The minimum Gasteiger partial charge on any atom is -0.326 e. The van der Waals surface area contributed by atoms with E-state index in [9.17, 15) is 45.5 Å². The zero-order chi connectivity index (χ0) is 51.3. The third-order valence-corrected chi connectivity index (χ3v) is 14.5. The Hall–Kier alpha value is -3.92. The maximum atomic E-state index is 14.0. The van der Waals surface area contributed by atoms with Crippen molar-refractivity contribution in [3.63, 3.8) is 0 Å². The summed E-state index contributed by atoms with van der Waals surface area (Å²) in [6, 6.07) is 19.5. The minimum atomic E-state index is -1.42. The second-order valence-corrected chi connectivity index (χ2v) is 21.4. The molecule has 0 saturated heterocycles. The van der Waals surface area contributed by atoms with Crippen LogP contribution in [0.4, 0.5) is 37.7 Å². The smallest absolute Gasteiger partial charge is 0.231 e. The van der Waals surface area contributed by atoms with Crippen LogP contribution in [0, 0.1) is 46.7 Å². The van der Waals surface area contributed by atoms with E-state index in [4.69, 9.17) is 116 Å². The van der Waals surface area contributed by atoms with Gasteiger partial charge in [0.25, 0.3) is 0 Å². The lowest BCUT2D eigenvalue weighted by Crippen LogP contribution is -2.17. The second-order valence-electron chi connectivity index (χ2n) is 15.9. The molecular formula is C48H26Cl10F6N2O4. The van der Waals surface area contributed by atoms with E-state index in [0.29, 0.717) is 55.5 Å². The molecule has 2 N–H and O–H groups in total. The van der Waals surface area contributed by atoms with E-state index in [1.807, 2.05) is 0 Å². The van der Waals surface area contributed by atoms with Crippen molar-refractivity contribution in [1.29, 1.82) is 0 Å². The quantitative estimate of drug-likeness (QED) is 0.0725. The molecule has 6 nitrogen and oxygen atoms in total. The highest BCUT2D eigenvalue weighted by Crippen LogP contribution is 2.66. The van der Waals surface area contributed by atoms with Gasteiger partial charge in [0.05, 0.1) is 21.9 Å². The van der Waals surface area contributed by atoms with Crippen molar-refractivity contribution in [3.05, 3.63) is 195 Å². The maximum Gasteiger partial charge on any atom is 0.231 e. The number of nitrogens with one attached hydrogen (secondary N) is 2. The molecule has 6 aromatic rings. The van der Waals surface area contributed by atoms with Gasteiger partial charge in [-0.05, 0) is 83.9 Å². The first-order chi connectivity index (χ1) is 32.8. The number of hydrogen-bond donors (Lipinski definition) is 2. The summed E-state index contributed by atoms with van der Waals surface area (Å²) in [6.45, 7) is 0. The fraction of sp³-hybridized carbons (Fsp3) is 0.167. The number of benzene rings is 6. The first-order valence-electron chi connectivity index (χ1n) is 20.0. The third-order valence-electron chi connectivity index (χ3n) is 11.1. The first-order valence-corrected chi connectivity index (χ1v) is 23.8. The highest BCUT2D eigenvalue weighted by molar-refractivity contribution is 6.54. The normalized spacial score (nSPS) is 18.3. The lowest BCUT2D eigenvalue weighted by atomic mass is 10.0. The number of anilines is 2. The summed E-state index contributed by atoms with van der Waals surface area (Å²) in [5.74, 6) is -12.4. The molecule has 0 bridgehead atoms. The number of amides is 2. The number of carbonyl (C=O) groups excluding carboxylic acids is 4. The van der Waals surface area contributed by atoms with Gasteiger partial charge in [0.1, 0.15) is 43.6 Å². The Balaban J connectivity index is 0.000000206. The van der Waals surface area contributed by atoms with Crippen LogP contribution in [0.25, 0.3) is 0 Å². The molecule has 0 aromatic heterocycles. The summed E-state index contributed by atoms with van der Waals surface area (Å²) < 4.78 is 79.3. The largest absolute Gasteiger partial charge is 0.326 e. The summed E-state index contributed by atoms with van der Waals surface area (Å²) >= 11 is 61.8. The van der Waals surface area contributed by atoms with Crippen molar-refractivity contribution in [2.24, 2.45) is 11.8 Å². The van der Waals surface area contributed by atoms with E-state index in [1.165, 1.54) is 48.5 Å². The maximum absolute atomic E-state index is 14.0. The predicted octanol–water partition coefficient (Wildman–Crippen LogP) is 16.0. The Labute approximate surface area is 444 Å². The minimum absolute atomic E-state index is 0.00201. The van der Waals surface area contributed by atoms with Crippen molar-refractivity contribution in [2.75, 3.05) is 10.6 Å². The molecule has 22 heteroatoms. The van der Waals surface area contributed by atoms with Gasteiger partial charge in [0, 0.05) is 103 Å². The van der Waals surface area contributed by atoms with E-state index in [-0.39, 0.29) is 32.5 Å². The zero-order valence-corrected chi connectivity index (χ0v) is 42.2. The predicted molar refractivity (Wildman–Crippen MR) is 263 cm³/mol. The number of alkyl halides is 4. The summed E-state index contributed by atoms with van der Waals surface area (Å²) in [7, 11) is 0. The molecule has 8 rings (SSSR count). The van der Waals surface area contributed by atoms with E-state index >= 15 is 0 Å². The molecule has 0 unspecified atom stereocenters. The molecule has 4 atom stereocenters. The molecule has 70 heavy (non-hydrogen) atoms. The number of hydrogen-bond acceptors (Lipinski definition) is 4. The van der Waals surface area contributed by atoms with Crippen molar-refractivity contribution in [1.82, 2.24) is 0 Å². The fourth-order valence-electron chi connectivity index (χ4n) is 7.71. The van der Waals surface area contributed by atoms with E-state index in [0.717, 1.165) is 0 Å². The Morgan fingerprint density at radius 2 is 0.743 bits per heavy atom. The SMILES string of the molecule is O=C(Cc1c(F)cc(F)cc1F)c1cc(NC(=O)[C@@H]2[C@@H](c3cc(Cl)cc(Cl)c3)C2(Cl)Cl)ccc1Cl.O=C(Cc1c(F)cc(F)cc1F)c1cc(NC(=O)[C@H]2[C@H](c3cc(Cl)cc(Cl)c3)C2(Cl)Cl)ccc1Cl. The summed E-state index contributed by atoms with van der Waals surface area (Å²) in [5, 5.41) is 6.68. The average molecular weight is 1160 g/mol. The van der Waals surface area contributed by atoms with E-state index in [2.05, 4.69) is 10.6 Å². The Kier molecular flexibility index (Phi) is 16.4. The van der Waals surface area contributed by atoms with Crippen molar-refractivity contribution in [2.45, 2.75) is 33.3 Å². The summed E-state index contributed by atoms with van der Waals surface area (Å²) in [5.41, 5.74) is 0.150. The van der Waals surface area contributed by atoms with Crippen LogP contribution in [-0.4, -0.2) is 32.0 Å². The number of rotatable bonds is 12. The first kappa shape index (κ1) is 53.9. The third kappa shape index (κ3) is 11.9. The number of Topliss-reactive ketones (excluding diaryl/α,β-unsaturated/α-hetero) is 2. The van der Waals surface area contributed by atoms with Crippen molar-refractivity contribution in [3.8, 4) is 0 Å². The van der Waals surface area contributed by atoms with Gasteiger partial charge in [0.15, 0.2) is 11.6 Å². The molecule has 0 spiro atoms. The fourth-order valence-corrected chi connectivity index (χ4v) is 10.9. The van der Waals surface area contributed by atoms with Gasteiger partial charge in [-0.25, -0.2) is 26.3 Å². The van der Waals surface area contributed by atoms with Gasteiger partial charge in [-0.15, -0.1) is 46.4 Å². The molecule has 2 aliphatic carbocycles. The van der Waals surface area contributed by atoms with Crippen LogP contribution in [0.5, 0.6) is 0 Å². The van der Waals surface area contributed by atoms with Crippen molar-refractivity contribution < 1.29 is 45.5 Å². The topological polar surface area (TPSA) is 92.3 Å². The van der Waals surface area contributed by atoms with Gasteiger partial charge in [-0.2, -0.15) is 0 Å². The lowest BCUT2D eigenvalue weighted by Gasteiger charge is -2.10. The monoisotopic (exact) mass is 1160 g/mol. The van der Waals surface area contributed by atoms with Crippen LogP contribution in [0.15, 0.2) is 97.1 Å². The van der Waals surface area contributed by atoms with Gasteiger partial charge in [-0.3, -0.25) is 19.2 Å². The Morgan fingerprint density at radius 1 is 0.443 bits per heavy atom. The zero-order valence-electron chi connectivity index (χ0n) is 34.6. The lowest BCUT2D eigenvalue weighted by molar-refractivity contribution is -0.118. The van der Waals surface area contributed by atoms with Crippen LogP contribution < -0.4 is 10.6 Å². The van der Waals surface area contributed by atoms with Gasteiger partial charge >= 0.3 is 0 Å². The van der Waals surface area contributed by atoms with Crippen LogP contribution in [0.1, 0.15) is 54.8 Å². The van der Waals surface area contributed by atoms with E-state index in [1.54, 1.807) is 24.3 Å². The molecule has 2 fully saturated rings. The number of ketones is 2. The Morgan fingerprint density at radius 3 is 1.04 bits per heavy atom. The molecule has 0 aliphatic heterocycles. The molecule has 6 aromatic carbocycles. The highest BCUT2D eigenvalue weighted by Gasteiger charge is 2.68. The number of carbonyl (C=O) groups is 4. The number of halogens is 16. The second kappa shape index (κ2) is 21.3. The standard InChI is InChI=1S/2C24H13Cl5F3NO2/c2*25-11-3-10(4-12(26)5-11)21-22(24(21,28)29)23(35)33-14-1-2-17(27)15(8-14)20(34)9-16-18(31)6-13(30)7-19(16)32/h2*1-8,21-22H,9H2,(H,33,35)/t2*21-,22+/m10/s1. The molecule has 0 radical (unpaired) electrons. The van der Waals surface area contributed by atoms with Crippen molar-refractivity contribution >= 4 is 151 Å². The molecule has 0 heterocycles. The van der Waals surface area contributed by atoms with Crippen LogP contribution in [0.2, 0.25) is 30.1 Å². The molecule has 2 aliphatic rings. The molecule has 2 amide bonds. The highest BCUT2D eigenvalue weighted by atomic mass is 35.5. The molecule has 2 saturated carbocycles. The van der Waals surface area contributed by atoms with Gasteiger partial charge < -0.3 is 10.6 Å².